The molecule has 0 saturated heterocycles. The molecule has 214 valence electrons. The molecule has 41 heavy (non-hydrogen) atoms. The molecule has 0 heterocycles. The predicted octanol–water partition coefficient (Wildman–Crippen LogP) is 7.15. The molecule has 0 amide bonds. The number of carbonyl (C=O) groups excluding carboxylic acids is 2. The molecule has 0 saturated carbocycles. The van der Waals surface area contributed by atoms with Gasteiger partial charge in [-0.25, -0.2) is 0 Å². The Balaban J connectivity index is 1.79. The zero-order valence-corrected chi connectivity index (χ0v) is 25.1. The van der Waals surface area contributed by atoms with E-state index in [1.54, 1.807) is 7.11 Å². The van der Waals surface area contributed by atoms with Gasteiger partial charge in [-0.3, -0.25) is 9.59 Å². The van der Waals surface area contributed by atoms with E-state index in [1.807, 2.05) is 90.1 Å². The van der Waals surface area contributed by atoms with Crippen LogP contribution in [0.5, 0.6) is 5.75 Å². The Morgan fingerprint density at radius 1 is 0.829 bits per heavy atom. The van der Waals surface area contributed by atoms with Gasteiger partial charge in [-0.15, -0.1) is 0 Å². The van der Waals surface area contributed by atoms with Crippen LogP contribution in [0.1, 0.15) is 18.9 Å². The summed E-state index contributed by atoms with van der Waals surface area (Å²) in [6, 6.07) is 27.3. The van der Waals surface area contributed by atoms with Gasteiger partial charge in [0.15, 0.2) is 0 Å². The van der Waals surface area contributed by atoms with Crippen LogP contribution in [0.2, 0.25) is 5.02 Å². The largest absolute Gasteiger partial charge is 0.497 e. The fourth-order valence-electron chi connectivity index (χ4n) is 4.59. The molecule has 4 aromatic carbocycles. The van der Waals surface area contributed by atoms with E-state index in [1.165, 1.54) is 26.2 Å². The van der Waals surface area contributed by atoms with Gasteiger partial charge in [0.25, 0.3) is 0 Å². The standard InChI is InChI=1S/C32H33ClN2O5S/c1-22(18-31(36)39-3)34(20-23-8-7-9-24(33)19-23)29-16-17-30(28-11-6-5-10-27(28)29)35(21-32(37)40-4)41-26-14-12-25(38-2)13-15-26/h5-17,19,22H,18,20-21H2,1-4H3. The predicted molar refractivity (Wildman–Crippen MR) is 166 cm³/mol. The van der Waals surface area contributed by atoms with E-state index in [0.29, 0.717) is 11.6 Å². The van der Waals surface area contributed by atoms with E-state index in [2.05, 4.69) is 11.0 Å². The Hall–Kier alpha value is -3.88. The molecule has 0 fully saturated rings. The first kappa shape index (κ1) is 30.1. The minimum Gasteiger partial charge on any atom is -0.497 e. The second-order valence-electron chi connectivity index (χ2n) is 9.42. The van der Waals surface area contributed by atoms with Crippen LogP contribution >= 0.6 is 23.5 Å². The van der Waals surface area contributed by atoms with Crippen molar-refractivity contribution >= 4 is 57.6 Å². The Morgan fingerprint density at radius 2 is 1.49 bits per heavy atom. The Kier molecular flexibility index (Phi) is 10.4. The molecular formula is C32H33ClN2O5S. The van der Waals surface area contributed by atoms with E-state index in [4.69, 9.17) is 25.8 Å². The van der Waals surface area contributed by atoms with Crippen molar-refractivity contribution in [2.75, 3.05) is 37.1 Å². The highest BCUT2D eigenvalue weighted by Crippen LogP contribution is 2.40. The van der Waals surface area contributed by atoms with Crippen molar-refractivity contribution in [1.29, 1.82) is 0 Å². The van der Waals surface area contributed by atoms with Gasteiger partial charge in [0.1, 0.15) is 12.3 Å². The smallest absolute Gasteiger partial charge is 0.326 e. The fourth-order valence-corrected chi connectivity index (χ4v) is 5.75. The highest BCUT2D eigenvalue weighted by molar-refractivity contribution is 8.00. The summed E-state index contributed by atoms with van der Waals surface area (Å²) in [6.45, 7) is 2.59. The third kappa shape index (κ3) is 7.65. The first-order chi connectivity index (χ1) is 19.8. The number of methoxy groups -OCH3 is 3. The molecule has 0 aliphatic rings. The number of esters is 2. The first-order valence-corrected chi connectivity index (χ1v) is 14.2. The van der Waals surface area contributed by atoms with Gasteiger partial charge in [0.05, 0.1) is 33.4 Å². The second-order valence-corrected chi connectivity index (χ2v) is 10.9. The zero-order chi connectivity index (χ0) is 29.4. The van der Waals surface area contributed by atoms with Crippen LogP contribution in [0, 0.1) is 0 Å². The summed E-state index contributed by atoms with van der Waals surface area (Å²) in [5.74, 6) is 0.118. The van der Waals surface area contributed by atoms with Crippen molar-refractivity contribution in [2.24, 2.45) is 0 Å². The first-order valence-electron chi connectivity index (χ1n) is 13.1. The minimum atomic E-state index is -0.353. The third-order valence-corrected chi connectivity index (χ3v) is 7.96. The quantitative estimate of drug-likeness (QED) is 0.127. The molecule has 7 nitrogen and oxygen atoms in total. The van der Waals surface area contributed by atoms with Crippen molar-refractivity contribution in [3.63, 3.8) is 0 Å². The third-order valence-electron chi connectivity index (χ3n) is 6.70. The van der Waals surface area contributed by atoms with Gasteiger partial charge in [-0.2, -0.15) is 0 Å². The summed E-state index contributed by atoms with van der Waals surface area (Å²) in [5, 5.41) is 2.59. The van der Waals surface area contributed by atoms with Crippen molar-refractivity contribution in [3.05, 3.63) is 95.5 Å². The van der Waals surface area contributed by atoms with Crippen LogP contribution in [0.15, 0.2) is 89.8 Å². The number of hydrogen-bond donors (Lipinski definition) is 0. The van der Waals surface area contributed by atoms with Gasteiger partial charge >= 0.3 is 11.9 Å². The lowest BCUT2D eigenvalue weighted by Gasteiger charge is -2.33. The number of rotatable bonds is 12. The van der Waals surface area contributed by atoms with E-state index in [-0.39, 0.29) is 30.9 Å². The summed E-state index contributed by atoms with van der Waals surface area (Å²) in [6.07, 6.45) is 0.217. The normalized spacial score (nSPS) is 11.5. The number of halogens is 1. The molecule has 1 atom stereocenters. The van der Waals surface area contributed by atoms with Crippen molar-refractivity contribution < 1.29 is 23.8 Å². The lowest BCUT2D eigenvalue weighted by Crippen LogP contribution is -2.35. The average Bonchev–Trinajstić information content (AvgIpc) is 2.99. The molecule has 0 radical (unpaired) electrons. The van der Waals surface area contributed by atoms with Gasteiger partial charge in [0.2, 0.25) is 0 Å². The monoisotopic (exact) mass is 592 g/mol. The number of fused-ring (bicyclic) bond motifs is 1. The molecular weight excluding hydrogens is 560 g/mol. The second kappa shape index (κ2) is 14.1. The molecule has 0 aliphatic heterocycles. The Labute approximate surface area is 250 Å². The van der Waals surface area contributed by atoms with E-state index in [0.717, 1.165) is 38.4 Å². The molecule has 0 aromatic heterocycles. The van der Waals surface area contributed by atoms with Crippen LogP contribution in [0.3, 0.4) is 0 Å². The van der Waals surface area contributed by atoms with Gasteiger partial charge in [-0.1, -0.05) is 48.0 Å². The van der Waals surface area contributed by atoms with Crippen molar-refractivity contribution in [1.82, 2.24) is 0 Å². The molecule has 9 heteroatoms. The van der Waals surface area contributed by atoms with E-state index < -0.39 is 0 Å². The van der Waals surface area contributed by atoms with Crippen LogP contribution < -0.4 is 13.9 Å². The Morgan fingerprint density at radius 3 is 2.12 bits per heavy atom. The number of benzene rings is 4. The fraction of sp³-hybridized carbons (Fsp3) is 0.250. The molecule has 0 aliphatic carbocycles. The van der Waals surface area contributed by atoms with Gasteiger partial charge in [0, 0.05) is 39.0 Å². The molecule has 0 bridgehead atoms. The number of ether oxygens (including phenoxy) is 3. The van der Waals surface area contributed by atoms with E-state index in [9.17, 15) is 9.59 Å². The van der Waals surface area contributed by atoms with Gasteiger partial charge < -0.3 is 23.4 Å². The summed E-state index contributed by atoms with van der Waals surface area (Å²) in [7, 11) is 4.41. The summed E-state index contributed by atoms with van der Waals surface area (Å²) >= 11 is 7.75. The highest BCUT2D eigenvalue weighted by Gasteiger charge is 2.23. The summed E-state index contributed by atoms with van der Waals surface area (Å²) in [4.78, 5) is 27.9. The topological polar surface area (TPSA) is 68.3 Å². The number of nitrogens with zero attached hydrogens (tertiary/aromatic N) is 2. The van der Waals surface area contributed by atoms with Crippen LogP contribution in [0.4, 0.5) is 11.4 Å². The van der Waals surface area contributed by atoms with Crippen LogP contribution in [0.25, 0.3) is 10.8 Å². The molecule has 0 spiro atoms. The number of anilines is 2. The maximum atomic E-state index is 12.5. The van der Waals surface area contributed by atoms with Crippen molar-refractivity contribution in [3.8, 4) is 5.75 Å². The molecule has 4 aromatic rings. The van der Waals surface area contributed by atoms with Crippen LogP contribution in [-0.2, 0) is 25.6 Å². The maximum absolute atomic E-state index is 12.5. The molecule has 4 rings (SSSR count). The maximum Gasteiger partial charge on any atom is 0.326 e. The Bertz CT molecular complexity index is 1500. The summed E-state index contributed by atoms with van der Waals surface area (Å²) < 4.78 is 17.2. The number of hydrogen-bond acceptors (Lipinski definition) is 8. The van der Waals surface area contributed by atoms with Crippen LogP contribution in [-0.4, -0.2) is 45.9 Å². The number of carbonyl (C=O) groups is 2. The lowest BCUT2D eigenvalue weighted by molar-refractivity contribution is -0.141. The average molecular weight is 593 g/mol. The lowest BCUT2D eigenvalue weighted by atomic mass is 10.0. The highest BCUT2D eigenvalue weighted by atomic mass is 35.5. The summed E-state index contributed by atoms with van der Waals surface area (Å²) in [5.41, 5.74) is 2.83. The SMILES string of the molecule is COC(=O)CC(C)N(Cc1cccc(Cl)c1)c1ccc(N(CC(=O)OC)Sc2ccc(OC)cc2)c2ccccc12. The molecule has 1 unspecified atom stereocenters. The van der Waals surface area contributed by atoms with Gasteiger partial charge in [-0.05, 0) is 73.0 Å². The zero-order valence-electron chi connectivity index (χ0n) is 23.5. The molecule has 0 N–H and O–H groups in total. The minimum absolute atomic E-state index is 0.0432. The van der Waals surface area contributed by atoms with Crippen molar-refractivity contribution in [2.45, 2.75) is 30.8 Å². The van der Waals surface area contributed by atoms with E-state index >= 15 is 0 Å².